The van der Waals surface area contributed by atoms with E-state index in [1.165, 1.54) is 0 Å². The Morgan fingerprint density at radius 1 is 1.25 bits per heavy atom. The standard InChI is InChI=1S/C12H25NO2S/c1-10(2)16(14,15)13-8-6-7-11(9-13)12(3,4)5/h10-11H,6-9H2,1-5H3. The van der Waals surface area contributed by atoms with Gasteiger partial charge in [0.25, 0.3) is 0 Å². The monoisotopic (exact) mass is 247 g/mol. The van der Waals surface area contributed by atoms with Crippen LogP contribution in [0.3, 0.4) is 0 Å². The van der Waals surface area contributed by atoms with Crippen LogP contribution in [0.15, 0.2) is 0 Å². The van der Waals surface area contributed by atoms with Crippen LogP contribution in [0.2, 0.25) is 0 Å². The molecule has 96 valence electrons. The fourth-order valence-electron chi connectivity index (χ4n) is 2.18. The molecule has 0 aliphatic carbocycles. The molecule has 0 radical (unpaired) electrons. The zero-order chi connectivity index (χ0) is 12.6. The number of rotatable bonds is 2. The fraction of sp³-hybridized carbons (Fsp3) is 1.00. The van der Waals surface area contributed by atoms with Crippen molar-refractivity contribution in [3.63, 3.8) is 0 Å². The van der Waals surface area contributed by atoms with Crippen molar-refractivity contribution in [1.29, 1.82) is 0 Å². The van der Waals surface area contributed by atoms with E-state index in [0.717, 1.165) is 12.8 Å². The van der Waals surface area contributed by atoms with E-state index in [2.05, 4.69) is 20.8 Å². The molecular formula is C12H25NO2S. The van der Waals surface area contributed by atoms with Gasteiger partial charge in [-0.3, -0.25) is 0 Å². The molecule has 0 aromatic rings. The lowest BCUT2D eigenvalue weighted by molar-refractivity contribution is 0.147. The highest BCUT2D eigenvalue weighted by Crippen LogP contribution is 2.34. The average Bonchev–Trinajstić information content (AvgIpc) is 2.16. The van der Waals surface area contributed by atoms with Crippen LogP contribution in [0.5, 0.6) is 0 Å². The van der Waals surface area contributed by atoms with Crippen LogP contribution in [0.25, 0.3) is 0 Å². The number of sulfonamides is 1. The van der Waals surface area contributed by atoms with Gasteiger partial charge in [-0.1, -0.05) is 20.8 Å². The Morgan fingerprint density at radius 3 is 2.25 bits per heavy atom. The van der Waals surface area contributed by atoms with Crippen molar-refractivity contribution in [1.82, 2.24) is 4.31 Å². The third kappa shape index (κ3) is 2.98. The molecule has 1 heterocycles. The molecule has 0 amide bonds. The van der Waals surface area contributed by atoms with Crippen LogP contribution in [-0.2, 0) is 10.0 Å². The summed E-state index contributed by atoms with van der Waals surface area (Å²) in [5, 5.41) is -0.300. The zero-order valence-electron chi connectivity index (χ0n) is 11.2. The SMILES string of the molecule is CC(C)S(=O)(=O)N1CCCC(C(C)(C)C)C1. The Kier molecular flexibility index (Phi) is 4.06. The first-order valence-electron chi connectivity index (χ1n) is 6.14. The Hall–Kier alpha value is -0.0900. The summed E-state index contributed by atoms with van der Waals surface area (Å²) in [5.41, 5.74) is 0.200. The molecule has 1 atom stereocenters. The summed E-state index contributed by atoms with van der Waals surface area (Å²) in [6, 6.07) is 0. The van der Waals surface area contributed by atoms with Gasteiger partial charge in [0.2, 0.25) is 10.0 Å². The van der Waals surface area contributed by atoms with Crippen LogP contribution >= 0.6 is 0 Å². The second kappa shape index (κ2) is 4.65. The minimum atomic E-state index is -3.06. The van der Waals surface area contributed by atoms with Gasteiger partial charge in [0.05, 0.1) is 5.25 Å². The van der Waals surface area contributed by atoms with E-state index in [4.69, 9.17) is 0 Å². The molecule has 0 spiro atoms. The minimum Gasteiger partial charge on any atom is -0.212 e. The summed E-state index contributed by atoms with van der Waals surface area (Å²) in [4.78, 5) is 0. The molecule has 1 rings (SSSR count). The molecule has 1 unspecified atom stereocenters. The normalized spacial score (nSPS) is 25.0. The van der Waals surface area contributed by atoms with E-state index in [0.29, 0.717) is 19.0 Å². The lowest BCUT2D eigenvalue weighted by Crippen LogP contribution is -2.46. The highest BCUT2D eigenvalue weighted by Gasteiger charge is 2.35. The van der Waals surface area contributed by atoms with Crippen molar-refractivity contribution in [3.05, 3.63) is 0 Å². The molecule has 4 heteroatoms. The van der Waals surface area contributed by atoms with Crippen LogP contribution < -0.4 is 0 Å². The smallest absolute Gasteiger partial charge is 0.212 e. The third-order valence-corrected chi connectivity index (χ3v) is 5.81. The molecule has 16 heavy (non-hydrogen) atoms. The second-order valence-corrected chi connectivity index (χ2v) is 8.65. The van der Waals surface area contributed by atoms with Gasteiger partial charge in [-0.05, 0) is 38.0 Å². The quantitative estimate of drug-likeness (QED) is 0.752. The number of piperidine rings is 1. The summed E-state index contributed by atoms with van der Waals surface area (Å²) in [5.74, 6) is 0.481. The molecule has 1 aliphatic heterocycles. The van der Waals surface area contributed by atoms with Crippen molar-refractivity contribution in [2.75, 3.05) is 13.1 Å². The van der Waals surface area contributed by atoms with Crippen LogP contribution in [0.1, 0.15) is 47.5 Å². The second-order valence-electron chi connectivity index (χ2n) is 6.16. The Balaban J connectivity index is 2.79. The van der Waals surface area contributed by atoms with Gasteiger partial charge >= 0.3 is 0 Å². The van der Waals surface area contributed by atoms with E-state index in [1.54, 1.807) is 18.2 Å². The topological polar surface area (TPSA) is 37.4 Å². The lowest BCUT2D eigenvalue weighted by atomic mass is 9.77. The largest absolute Gasteiger partial charge is 0.216 e. The maximum absolute atomic E-state index is 12.1. The fourth-order valence-corrected chi connectivity index (χ4v) is 3.55. The lowest BCUT2D eigenvalue weighted by Gasteiger charge is -2.39. The first kappa shape index (κ1) is 14.0. The van der Waals surface area contributed by atoms with Gasteiger partial charge < -0.3 is 0 Å². The molecule has 0 N–H and O–H groups in total. The Labute approximate surface area is 100 Å². The molecule has 1 saturated heterocycles. The number of hydrogen-bond acceptors (Lipinski definition) is 2. The van der Waals surface area contributed by atoms with E-state index < -0.39 is 10.0 Å². The molecule has 0 bridgehead atoms. The number of hydrogen-bond donors (Lipinski definition) is 0. The molecule has 3 nitrogen and oxygen atoms in total. The Bertz CT molecular complexity index is 327. The van der Waals surface area contributed by atoms with Crippen LogP contribution in [-0.4, -0.2) is 31.1 Å². The van der Waals surface area contributed by atoms with Crippen molar-refractivity contribution in [2.45, 2.75) is 52.7 Å². The number of nitrogens with zero attached hydrogens (tertiary/aromatic N) is 1. The summed E-state index contributed by atoms with van der Waals surface area (Å²) in [7, 11) is -3.06. The highest BCUT2D eigenvalue weighted by molar-refractivity contribution is 7.89. The zero-order valence-corrected chi connectivity index (χ0v) is 12.0. The molecule has 0 aromatic carbocycles. The predicted molar refractivity (Wildman–Crippen MR) is 67.8 cm³/mol. The summed E-state index contributed by atoms with van der Waals surface area (Å²) in [6.07, 6.45) is 2.14. The molecular weight excluding hydrogens is 222 g/mol. The average molecular weight is 247 g/mol. The van der Waals surface area contributed by atoms with Gasteiger partial charge in [0.15, 0.2) is 0 Å². The summed E-state index contributed by atoms with van der Waals surface area (Å²) in [6.45, 7) is 11.5. The van der Waals surface area contributed by atoms with Crippen molar-refractivity contribution in [3.8, 4) is 0 Å². The molecule has 1 aliphatic rings. The van der Waals surface area contributed by atoms with Crippen molar-refractivity contribution in [2.24, 2.45) is 11.3 Å². The van der Waals surface area contributed by atoms with E-state index in [9.17, 15) is 8.42 Å². The first-order valence-corrected chi connectivity index (χ1v) is 7.65. The predicted octanol–water partition coefficient (Wildman–Crippen LogP) is 2.48. The summed E-state index contributed by atoms with van der Waals surface area (Å²) < 4.78 is 25.9. The maximum Gasteiger partial charge on any atom is 0.216 e. The van der Waals surface area contributed by atoms with Gasteiger partial charge in [-0.25, -0.2) is 12.7 Å². The van der Waals surface area contributed by atoms with Gasteiger partial charge in [0.1, 0.15) is 0 Å². The van der Waals surface area contributed by atoms with Crippen molar-refractivity contribution >= 4 is 10.0 Å². The first-order chi connectivity index (χ1) is 7.15. The minimum absolute atomic E-state index is 0.200. The van der Waals surface area contributed by atoms with E-state index in [-0.39, 0.29) is 10.7 Å². The summed E-state index contributed by atoms with van der Waals surface area (Å²) >= 11 is 0. The van der Waals surface area contributed by atoms with E-state index >= 15 is 0 Å². The van der Waals surface area contributed by atoms with Crippen LogP contribution in [0, 0.1) is 11.3 Å². The Morgan fingerprint density at radius 2 is 1.81 bits per heavy atom. The maximum atomic E-state index is 12.1. The van der Waals surface area contributed by atoms with Crippen molar-refractivity contribution < 1.29 is 8.42 Å². The van der Waals surface area contributed by atoms with Gasteiger partial charge in [-0.15, -0.1) is 0 Å². The molecule has 0 saturated carbocycles. The molecule has 1 fully saturated rings. The third-order valence-electron chi connectivity index (χ3n) is 3.56. The van der Waals surface area contributed by atoms with Gasteiger partial charge in [0, 0.05) is 13.1 Å². The highest BCUT2D eigenvalue weighted by atomic mass is 32.2. The van der Waals surface area contributed by atoms with E-state index in [1.807, 2.05) is 0 Å². The molecule has 0 aromatic heterocycles. The van der Waals surface area contributed by atoms with Crippen LogP contribution in [0.4, 0.5) is 0 Å². The van der Waals surface area contributed by atoms with Gasteiger partial charge in [-0.2, -0.15) is 0 Å².